The van der Waals surface area contributed by atoms with Crippen LogP contribution in [0.25, 0.3) is 49.4 Å². The second-order valence-electron chi connectivity index (χ2n) is 9.64. The molecule has 0 spiro atoms. The minimum absolute atomic E-state index is 0. The molecule has 0 unspecified atom stereocenters. The summed E-state index contributed by atoms with van der Waals surface area (Å²) in [4.78, 5) is 8.50. The second kappa shape index (κ2) is 10.2. The van der Waals surface area contributed by atoms with Crippen LogP contribution in [0.4, 0.5) is 5.69 Å². The molecule has 4 heterocycles. The average molecular weight is 682 g/mol. The first kappa shape index (κ1) is 25.1. The molecule has 1 aliphatic rings. The number of rotatable bonds is 2. The zero-order valence-corrected chi connectivity index (χ0v) is 24.0. The van der Waals surface area contributed by atoms with Crippen molar-refractivity contribution < 1.29 is 20.1 Å². The number of fused-ring (bicyclic) bond motifs is 6. The van der Waals surface area contributed by atoms with E-state index in [9.17, 15) is 0 Å². The van der Waals surface area contributed by atoms with Crippen LogP contribution in [-0.4, -0.2) is 21.3 Å². The number of aryl methyl sites for hydroxylation is 1. The van der Waals surface area contributed by atoms with Crippen molar-refractivity contribution in [1.29, 1.82) is 0 Å². The fourth-order valence-corrected chi connectivity index (χ4v) is 5.25. The van der Waals surface area contributed by atoms with Gasteiger partial charge in [-0.25, -0.2) is 0 Å². The van der Waals surface area contributed by atoms with Crippen molar-refractivity contribution in [3.8, 4) is 11.3 Å². The van der Waals surface area contributed by atoms with Gasteiger partial charge in [-0.05, 0) is 60.7 Å². The van der Waals surface area contributed by atoms with Gasteiger partial charge in [0.2, 0.25) is 0 Å². The zero-order valence-electron chi connectivity index (χ0n) is 21.6. The van der Waals surface area contributed by atoms with E-state index in [0.29, 0.717) is 0 Å². The maximum atomic E-state index is 4.32. The molecule has 0 N–H and O–H groups in total. The Hall–Kier alpha value is -4.18. The summed E-state index contributed by atoms with van der Waals surface area (Å²) in [5, 5.41) is 5.02. The zero-order chi connectivity index (χ0) is 25.6. The summed E-state index contributed by atoms with van der Waals surface area (Å²) in [6.45, 7) is 4.11. The van der Waals surface area contributed by atoms with E-state index >= 15 is 0 Å². The molecule has 190 valence electrons. The summed E-state index contributed by atoms with van der Waals surface area (Å²) >= 11 is 0. The van der Waals surface area contributed by atoms with Crippen LogP contribution in [0.5, 0.6) is 0 Å². The van der Waals surface area contributed by atoms with Gasteiger partial charge in [-0.1, -0.05) is 65.0 Å². The first-order valence-electron chi connectivity index (χ1n) is 12.7. The number of aromatic nitrogens is 2. The fraction of sp³-hybridized carbons (Fsp3) is 0.0588. The monoisotopic (exact) mass is 682 g/mol. The topological polar surface area (TPSA) is 23.8 Å². The number of hydrogen-bond acceptors (Lipinski definition) is 3. The Morgan fingerprint density at radius 1 is 0.795 bits per heavy atom. The van der Waals surface area contributed by atoms with Crippen LogP contribution in [-0.2, 0) is 20.1 Å². The summed E-state index contributed by atoms with van der Waals surface area (Å²) < 4.78 is 2.38. The van der Waals surface area contributed by atoms with Gasteiger partial charge in [-0.3, -0.25) is 0 Å². The van der Waals surface area contributed by atoms with Crippen LogP contribution >= 0.6 is 0 Å². The molecule has 39 heavy (non-hydrogen) atoms. The van der Waals surface area contributed by atoms with E-state index in [-0.39, 0.29) is 20.1 Å². The number of nitrogens with zero attached hydrogens (tertiary/aromatic N) is 4. The third-order valence-electron chi connectivity index (χ3n) is 7.04. The summed E-state index contributed by atoms with van der Waals surface area (Å²) in [6, 6.07) is 38.3. The molecule has 4 aromatic carbocycles. The van der Waals surface area contributed by atoms with E-state index in [1.54, 1.807) is 0 Å². The normalized spacial score (nSPS) is 12.9. The minimum Gasteiger partial charge on any atom is -0.510 e. The van der Waals surface area contributed by atoms with Gasteiger partial charge >= 0.3 is 20.1 Å². The van der Waals surface area contributed by atoms with E-state index in [1.807, 2.05) is 50.5 Å². The smallest absolute Gasteiger partial charge is 0.510 e. The molecular formula is C34H25IrN4. The third kappa shape index (κ3) is 4.34. The van der Waals surface area contributed by atoms with E-state index in [4.69, 9.17) is 0 Å². The Kier molecular flexibility index (Phi) is 6.56. The summed E-state index contributed by atoms with van der Waals surface area (Å²) in [7, 11) is 2.04. The van der Waals surface area contributed by atoms with Crippen molar-refractivity contribution >= 4 is 43.8 Å². The minimum atomic E-state index is 0. The maximum Gasteiger partial charge on any atom is 3.00 e. The van der Waals surface area contributed by atoms with E-state index < -0.39 is 0 Å². The predicted octanol–water partition coefficient (Wildman–Crippen LogP) is 7.83. The van der Waals surface area contributed by atoms with Crippen molar-refractivity contribution in [2.75, 3.05) is 11.9 Å². The molecule has 0 bridgehead atoms. The Morgan fingerprint density at radius 2 is 1.54 bits per heavy atom. The molecule has 1 aliphatic heterocycles. The summed E-state index contributed by atoms with van der Waals surface area (Å²) in [5.41, 5.74) is 8.04. The number of benzene rings is 4. The Balaban J connectivity index is 0.000000169. The molecule has 0 saturated heterocycles. The second-order valence-corrected chi connectivity index (χ2v) is 9.64. The first-order valence-corrected chi connectivity index (χ1v) is 12.7. The molecule has 3 aromatic heterocycles. The van der Waals surface area contributed by atoms with Gasteiger partial charge in [-0.15, -0.1) is 53.4 Å². The molecular weight excluding hydrogens is 657 g/mol. The van der Waals surface area contributed by atoms with Crippen LogP contribution in [0, 0.1) is 25.7 Å². The Morgan fingerprint density at radius 3 is 2.23 bits per heavy atom. The standard InChI is InChI=1S/C22H15N3.C12H10N.Ir/c1-23-10-11-24(14-23)15-12-18-16-6-2-4-8-20(16)25-21-9-5-3-7-17(21)19(13-15)22(18)25;1-10-7-8-12(13-9-10)11-5-3-2-4-6-11;/h2-12,14H,1H3;2-5,7-9H,1H3;/q-2;-1;+3. The van der Waals surface area contributed by atoms with E-state index in [0.717, 1.165) is 16.9 Å². The molecule has 0 aliphatic carbocycles. The van der Waals surface area contributed by atoms with Gasteiger partial charge in [0.05, 0.1) is 0 Å². The Bertz CT molecular complexity index is 1840. The third-order valence-corrected chi connectivity index (χ3v) is 7.04. The Labute approximate surface area is 241 Å². The van der Waals surface area contributed by atoms with Crippen LogP contribution in [0.2, 0.25) is 0 Å². The molecule has 0 radical (unpaired) electrons. The fourth-order valence-electron chi connectivity index (χ4n) is 5.25. The van der Waals surface area contributed by atoms with Gasteiger partial charge < -0.3 is 19.2 Å². The van der Waals surface area contributed by atoms with Crippen molar-refractivity contribution in [1.82, 2.24) is 14.3 Å². The van der Waals surface area contributed by atoms with Crippen molar-refractivity contribution in [2.45, 2.75) is 6.92 Å². The van der Waals surface area contributed by atoms with Crippen molar-refractivity contribution in [3.63, 3.8) is 0 Å². The molecule has 8 rings (SSSR count). The van der Waals surface area contributed by atoms with Crippen LogP contribution in [0.1, 0.15) is 5.56 Å². The van der Waals surface area contributed by atoms with Gasteiger partial charge in [0.15, 0.2) is 0 Å². The molecule has 5 heteroatoms. The molecule has 0 amide bonds. The number of pyridine rings is 1. The number of hydrogen-bond donors (Lipinski definition) is 0. The molecule has 0 fully saturated rings. The van der Waals surface area contributed by atoms with Gasteiger partial charge in [0.25, 0.3) is 0 Å². The van der Waals surface area contributed by atoms with Gasteiger partial charge in [0.1, 0.15) is 0 Å². The van der Waals surface area contributed by atoms with E-state index in [1.165, 1.54) is 43.7 Å². The molecule has 4 nitrogen and oxygen atoms in total. The van der Waals surface area contributed by atoms with E-state index in [2.05, 4.69) is 111 Å². The molecule has 0 saturated carbocycles. The van der Waals surface area contributed by atoms with Crippen molar-refractivity contribution in [3.05, 3.63) is 134 Å². The number of anilines is 1. The molecule has 0 atom stereocenters. The maximum absolute atomic E-state index is 4.32. The predicted molar refractivity (Wildman–Crippen MR) is 157 cm³/mol. The number of para-hydroxylation sites is 2. The van der Waals surface area contributed by atoms with Crippen LogP contribution in [0.3, 0.4) is 0 Å². The first-order chi connectivity index (χ1) is 18.7. The molecule has 7 aromatic rings. The summed E-state index contributed by atoms with van der Waals surface area (Å²) in [6.07, 6.45) is 6.00. The van der Waals surface area contributed by atoms with Crippen molar-refractivity contribution in [2.24, 2.45) is 0 Å². The van der Waals surface area contributed by atoms with Gasteiger partial charge in [0, 0.05) is 17.2 Å². The quantitative estimate of drug-likeness (QED) is 0.174. The largest absolute Gasteiger partial charge is 3.00 e. The SMILES string of the molecule is CN1C=CN(c2[c-]c3c4ccccc4n4c5ccccc5c(c2)c34)[CH-]1.Cc1ccc(-c2[c-]cccc2)nc1.[Ir+3]. The van der Waals surface area contributed by atoms with Gasteiger partial charge in [-0.2, -0.15) is 6.67 Å². The summed E-state index contributed by atoms with van der Waals surface area (Å²) in [5.74, 6) is 0. The average Bonchev–Trinajstić information content (AvgIpc) is 3.65. The van der Waals surface area contributed by atoms with Crippen LogP contribution < -0.4 is 4.90 Å². The van der Waals surface area contributed by atoms with Crippen LogP contribution in [0.15, 0.2) is 110 Å².